The fourth-order valence-electron chi connectivity index (χ4n) is 3.14. The third-order valence-corrected chi connectivity index (χ3v) is 4.51. The van der Waals surface area contributed by atoms with Gasteiger partial charge < -0.3 is 9.64 Å². The second kappa shape index (κ2) is 7.71. The summed E-state index contributed by atoms with van der Waals surface area (Å²) >= 11 is 0. The molecule has 2 aliphatic heterocycles. The molecule has 3 rings (SSSR count). The summed E-state index contributed by atoms with van der Waals surface area (Å²) in [5.41, 5.74) is 2.08. The third-order valence-electron chi connectivity index (χ3n) is 4.51. The molecule has 1 fully saturated rings. The van der Waals surface area contributed by atoms with Crippen LogP contribution in [0.5, 0.6) is 0 Å². The Morgan fingerprint density at radius 2 is 2.25 bits per heavy atom. The van der Waals surface area contributed by atoms with E-state index in [1.807, 2.05) is 13.0 Å². The molecular formula is C19H23FN2O2. The van der Waals surface area contributed by atoms with E-state index in [1.165, 1.54) is 6.07 Å². The first-order chi connectivity index (χ1) is 11.6. The number of carbonyl (C=O) groups excluding carboxylic acids is 1. The maximum absolute atomic E-state index is 14.0. The maximum Gasteiger partial charge on any atom is 0.252 e. The van der Waals surface area contributed by atoms with Crippen LogP contribution in [0, 0.1) is 5.82 Å². The summed E-state index contributed by atoms with van der Waals surface area (Å²) in [6.45, 7) is 3.93. The number of hydrogen-bond acceptors (Lipinski definition) is 3. The summed E-state index contributed by atoms with van der Waals surface area (Å²) in [6.07, 6.45) is 4.92. The minimum atomic E-state index is -0.278. The van der Waals surface area contributed by atoms with Crippen molar-refractivity contribution < 1.29 is 13.9 Å². The standard InChI is InChI=1S/C19H23FN2O2/c1-14-11-16(12-21-14)19(23)22(9-8-17-6-4-10-24-17)13-15-5-2-3-7-18(15)20/h2-3,5,7,11,17H,4,6,8-10,12-13H2,1H3. The molecular weight excluding hydrogens is 307 g/mol. The molecule has 4 nitrogen and oxygen atoms in total. The van der Waals surface area contributed by atoms with Gasteiger partial charge in [-0.2, -0.15) is 0 Å². The zero-order chi connectivity index (χ0) is 16.9. The summed E-state index contributed by atoms with van der Waals surface area (Å²) in [5, 5.41) is 0. The minimum Gasteiger partial charge on any atom is -0.378 e. The van der Waals surface area contributed by atoms with Gasteiger partial charge in [-0.1, -0.05) is 18.2 Å². The van der Waals surface area contributed by atoms with Crippen molar-refractivity contribution in [3.63, 3.8) is 0 Å². The third kappa shape index (κ3) is 4.09. The molecule has 1 aromatic rings. The molecule has 1 aromatic carbocycles. The van der Waals surface area contributed by atoms with Crippen LogP contribution in [-0.4, -0.2) is 42.3 Å². The van der Waals surface area contributed by atoms with Crippen LogP contribution in [0.25, 0.3) is 0 Å². The van der Waals surface area contributed by atoms with Gasteiger partial charge >= 0.3 is 0 Å². The highest BCUT2D eigenvalue weighted by Gasteiger charge is 2.24. The number of allylic oxidation sites excluding steroid dienone is 1. The molecule has 0 N–H and O–H groups in total. The van der Waals surface area contributed by atoms with Crippen molar-refractivity contribution in [3.8, 4) is 0 Å². The first-order valence-electron chi connectivity index (χ1n) is 8.49. The molecule has 0 aliphatic carbocycles. The molecule has 1 saturated heterocycles. The number of nitrogens with zero attached hydrogens (tertiary/aromatic N) is 2. The molecule has 1 unspecified atom stereocenters. The van der Waals surface area contributed by atoms with E-state index < -0.39 is 0 Å². The van der Waals surface area contributed by atoms with Crippen molar-refractivity contribution in [1.82, 2.24) is 4.90 Å². The average molecular weight is 330 g/mol. The van der Waals surface area contributed by atoms with Crippen LogP contribution in [0.1, 0.15) is 31.7 Å². The molecule has 0 spiro atoms. The Bertz CT molecular complexity index is 663. The van der Waals surface area contributed by atoms with Gasteiger partial charge in [-0.15, -0.1) is 0 Å². The van der Waals surface area contributed by atoms with E-state index in [4.69, 9.17) is 4.74 Å². The van der Waals surface area contributed by atoms with E-state index in [-0.39, 0.29) is 24.4 Å². The molecule has 1 atom stereocenters. The second-order valence-corrected chi connectivity index (χ2v) is 6.37. The van der Waals surface area contributed by atoms with Crippen LogP contribution in [-0.2, 0) is 16.1 Å². The van der Waals surface area contributed by atoms with Gasteiger partial charge in [-0.3, -0.25) is 9.79 Å². The Kier molecular flexibility index (Phi) is 5.41. The van der Waals surface area contributed by atoms with E-state index in [2.05, 4.69) is 4.99 Å². The molecule has 1 amide bonds. The quantitative estimate of drug-likeness (QED) is 0.804. The summed E-state index contributed by atoms with van der Waals surface area (Å²) in [5.74, 6) is -0.336. The summed E-state index contributed by atoms with van der Waals surface area (Å²) in [6, 6.07) is 6.62. The normalized spacial score (nSPS) is 20.0. The van der Waals surface area contributed by atoms with Gasteiger partial charge in [0.2, 0.25) is 0 Å². The van der Waals surface area contributed by atoms with Crippen molar-refractivity contribution in [2.45, 2.75) is 38.8 Å². The van der Waals surface area contributed by atoms with Crippen LogP contribution in [0.2, 0.25) is 0 Å². The number of hydrogen-bond donors (Lipinski definition) is 0. The average Bonchev–Trinajstić information content (AvgIpc) is 3.24. The van der Waals surface area contributed by atoms with Gasteiger partial charge in [-0.25, -0.2) is 4.39 Å². The molecule has 24 heavy (non-hydrogen) atoms. The highest BCUT2D eigenvalue weighted by Crippen LogP contribution is 2.19. The highest BCUT2D eigenvalue weighted by molar-refractivity contribution is 6.06. The SMILES string of the molecule is CC1=NCC(C(=O)N(CCC2CCCO2)Cc2ccccc2F)=C1. The Morgan fingerprint density at radius 1 is 1.42 bits per heavy atom. The molecule has 2 aliphatic rings. The number of aliphatic imine (C=N–C) groups is 1. The van der Waals surface area contributed by atoms with E-state index in [0.29, 0.717) is 24.2 Å². The van der Waals surface area contributed by atoms with Crippen LogP contribution in [0.3, 0.4) is 0 Å². The van der Waals surface area contributed by atoms with Gasteiger partial charge in [-0.05, 0) is 38.3 Å². The molecule has 5 heteroatoms. The lowest BCUT2D eigenvalue weighted by Gasteiger charge is -2.25. The fourth-order valence-corrected chi connectivity index (χ4v) is 3.14. The van der Waals surface area contributed by atoms with Crippen LogP contribution in [0.4, 0.5) is 4.39 Å². The summed E-state index contributed by atoms with van der Waals surface area (Å²) < 4.78 is 19.6. The highest BCUT2D eigenvalue weighted by atomic mass is 19.1. The largest absolute Gasteiger partial charge is 0.378 e. The fraction of sp³-hybridized carbons (Fsp3) is 0.474. The zero-order valence-corrected chi connectivity index (χ0v) is 14.0. The number of rotatable bonds is 6. The molecule has 0 saturated carbocycles. The molecule has 0 radical (unpaired) electrons. The minimum absolute atomic E-state index is 0.0585. The second-order valence-electron chi connectivity index (χ2n) is 6.37. The van der Waals surface area contributed by atoms with Crippen molar-refractivity contribution in [1.29, 1.82) is 0 Å². The summed E-state index contributed by atoms with van der Waals surface area (Å²) in [7, 11) is 0. The van der Waals surface area contributed by atoms with Crippen LogP contribution >= 0.6 is 0 Å². The summed E-state index contributed by atoms with van der Waals surface area (Å²) in [4.78, 5) is 18.8. The Labute approximate surface area is 142 Å². The van der Waals surface area contributed by atoms with E-state index in [0.717, 1.165) is 31.6 Å². The van der Waals surface area contributed by atoms with E-state index >= 15 is 0 Å². The molecule has 128 valence electrons. The lowest BCUT2D eigenvalue weighted by Crippen LogP contribution is -2.34. The van der Waals surface area contributed by atoms with Gasteiger partial charge in [0.25, 0.3) is 5.91 Å². The predicted molar refractivity (Wildman–Crippen MR) is 91.5 cm³/mol. The predicted octanol–water partition coefficient (Wildman–Crippen LogP) is 3.12. The van der Waals surface area contributed by atoms with Crippen LogP contribution in [0.15, 0.2) is 40.9 Å². The lowest BCUT2D eigenvalue weighted by molar-refractivity contribution is -0.128. The molecule has 0 aromatic heterocycles. The van der Waals surface area contributed by atoms with E-state index in [1.54, 1.807) is 23.1 Å². The van der Waals surface area contributed by atoms with E-state index in [9.17, 15) is 9.18 Å². The van der Waals surface area contributed by atoms with Gasteiger partial charge in [0, 0.05) is 36.5 Å². The molecule has 0 bridgehead atoms. The Balaban J connectivity index is 1.71. The number of benzene rings is 1. The van der Waals surface area contributed by atoms with Gasteiger partial charge in [0.05, 0.1) is 12.6 Å². The molecule has 2 heterocycles. The maximum atomic E-state index is 14.0. The Morgan fingerprint density at radius 3 is 2.92 bits per heavy atom. The van der Waals surface area contributed by atoms with Gasteiger partial charge in [0.15, 0.2) is 0 Å². The topological polar surface area (TPSA) is 41.9 Å². The van der Waals surface area contributed by atoms with Crippen molar-refractivity contribution in [2.24, 2.45) is 4.99 Å². The number of ether oxygens (including phenoxy) is 1. The smallest absolute Gasteiger partial charge is 0.252 e. The first kappa shape index (κ1) is 16.8. The number of amides is 1. The first-order valence-corrected chi connectivity index (χ1v) is 8.49. The van der Waals surface area contributed by atoms with Crippen molar-refractivity contribution in [3.05, 3.63) is 47.3 Å². The number of halogens is 1. The Hall–Kier alpha value is -2.01. The van der Waals surface area contributed by atoms with Crippen molar-refractivity contribution >= 4 is 11.6 Å². The number of carbonyl (C=O) groups is 1. The lowest BCUT2D eigenvalue weighted by atomic mass is 10.1. The van der Waals surface area contributed by atoms with Gasteiger partial charge in [0.1, 0.15) is 5.82 Å². The monoisotopic (exact) mass is 330 g/mol. The van der Waals surface area contributed by atoms with Crippen molar-refractivity contribution in [2.75, 3.05) is 19.7 Å². The zero-order valence-electron chi connectivity index (χ0n) is 14.0. The van der Waals surface area contributed by atoms with Crippen LogP contribution < -0.4 is 0 Å².